The summed E-state index contributed by atoms with van der Waals surface area (Å²) in [6.07, 6.45) is 1.58. The van der Waals surface area contributed by atoms with E-state index in [2.05, 4.69) is 25.7 Å². The summed E-state index contributed by atoms with van der Waals surface area (Å²) in [4.78, 5) is 23.5. The van der Waals surface area contributed by atoms with Crippen molar-refractivity contribution >= 4 is 11.9 Å². The third-order valence-corrected chi connectivity index (χ3v) is 3.00. The van der Waals surface area contributed by atoms with E-state index >= 15 is 0 Å². The zero-order chi connectivity index (χ0) is 14.0. The van der Waals surface area contributed by atoms with Gasteiger partial charge in [-0.2, -0.15) is 0 Å². The van der Waals surface area contributed by atoms with Gasteiger partial charge in [0.05, 0.1) is 19.3 Å². The van der Waals surface area contributed by atoms with E-state index in [1.54, 1.807) is 24.7 Å². The summed E-state index contributed by atoms with van der Waals surface area (Å²) in [5.41, 5.74) is -0.919. The van der Waals surface area contributed by atoms with E-state index in [0.717, 1.165) is 13.1 Å². The van der Waals surface area contributed by atoms with Gasteiger partial charge in [-0.1, -0.05) is 5.21 Å². The molecular formula is C11H17N5O3. The Morgan fingerprint density at radius 2 is 2.21 bits per heavy atom. The standard InChI is InChI=1S/C11H17N5O3/c1-11(2,10(18)19-3)13-9(17)8-6-16(15-14-8)7-4-12-5-7/h6-7,12H,4-5H2,1-3H3,(H,13,17). The van der Waals surface area contributed by atoms with E-state index in [1.165, 1.54) is 7.11 Å². The highest BCUT2D eigenvalue weighted by Crippen LogP contribution is 2.11. The molecule has 1 aliphatic heterocycles. The lowest BCUT2D eigenvalue weighted by atomic mass is 10.1. The Kier molecular flexibility index (Phi) is 3.52. The molecule has 8 nitrogen and oxygen atoms in total. The van der Waals surface area contributed by atoms with Gasteiger partial charge >= 0.3 is 5.97 Å². The van der Waals surface area contributed by atoms with E-state index in [4.69, 9.17) is 0 Å². The second-order valence-corrected chi connectivity index (χ2v) is 4.97. The number of amides is 1. The molecule has 0 aliphatic carbocycles. The lowest BCUT2D eigenvalue weighted by Crippen LogP contribution is -2.50. The molecule has 1 aromatic heterocycles. The molecule has 2 N–H and O–H groups in total. The first-order valence-electron chi connectivity index (χ1n) is 5.97. The molecule has 1 aliphatic rings. The topological polar surface area (TPSA) is 98.1 Å². The van der Waals surface area contributed by atoms with Crippen molar-refractivity contribution in [2.24, 2.45) is 0 Å². The normalized spacial score (nSPS) is 15.7. The summed E-state index contributed by atoms with van der Waals surface area (Å²) in [7, 11) is 1.27. The molecule has 104 valence electrons. The van der Waals surface area contributed by atoms with E-state index in [0.29, 0.717) is 0 Å². The van der Waals surface area contributed by atoms with Gasteiger partial charge in [-0.15, -0.1) is 5.10 Å². The molecule has 0 atom stereocenters. The van der Waals surface area contributed by atoms with Crippen molar-refractivity contribution in [3.8, 4) is 0 Å². The lowest BCUT2D eigenvalue weighted by molar-refractivity contribution is -0.146. The number of esters is 1. The minimum atomic E-state index is -1.10. The van der Waals surface area contributed by atoms with Crippen LogP contribution in [-0.2, 0) is 9.53 Å². The van der Waals surface area contributed by atoms with Crippen molar-refractivity contribution in [2.45, 2.75) is 25.4 Å². The molecular weight excluding hydrogens is 250 g/mol. The Bertz CT molecular complexity index is 492. The highest BCUT2D eigenvalue weighted by molar-refractivity contribution is 5.96. The van der Waals surface area contributed by atoms with E-state index in [1.807, 2.05) is 0 Å². The molecule has 0 spiro atoms. The zero-order valence-electron chi connectivity index (χ0n) is 11.1. The summed E-state index contributed by atoms with van der Waals surface area (Å²) in [6.45, 7) is 4.77. The molecule has 0 aromatic carbocycles. The first kappa shape index (κ1) is 13.5. The van der Waals surface area contributed by atoms with E-state index in [-0.39, 0.29) is 11.7 Å². The zero-order valence-corrected chi connectivity index (χ0v) is 11.1. The number of rotatable bonds is 4. The van der Waals surface area contributed by atoms with Gasteiger partial charge in [0.2, 0.25) is 0 Å². The van der Waals surface area contributed by atoms with Gasteiger partial charge in [-0.3, -0.25) is 4.79 Å². The average Bonchev–Trinajstić information content (AvgIpc) is 2.74. The van der Waals surface area contributed by atoms with Crippen molar-refractivity contribution in [1.82, 2.24) is 25.6 Å². The largest absolute Gasteiger partial charge is 0.467 e. The quantitative estimate of drug-likeness (QED) is 0.686. The van der Waals surface area contributed by atoms with Crippen LogP contribution in [0.4, 0.5) is 0 Å². The van der Waals surface area contributed by atoms with E-state index < -0.39 is 17.4 Å². The van der Waals surface area contributed by atoms with Crippen molar-refractivity contribution in [2.75, 3.05) is 20.2 Å². The van der Waals surface area contributed by atoms with Crippen LogP contribution in [0.5, 0.6) is 0 Å². The third kappa shape index (κ3) is 2.73. The highest BCUT2D eigenvalue weighted by atomic mass is 16.5. The molecule has 1 amide bonds. The Balaban J connectivity index is 2.03. The predicted octanol–water partition coefficient (Wildman–Crippen LogP) is -0.896. The van der Waals surface area contributed by atoms with Crippen LogP contribution in [0.15, 0.2) is 6.20 Å². The Labute approximate surface area is 110 Å². The maximum Gasteiger partial charge on any atom is 0.330 e. The molecule has 19 heavy (non-hydrogen) atoms. The summed E-state index contributed by atoms with van der Waals surface area (Å²) >= 11 is 0. The van der Waals surface area contributed by atoms with Crippen LogP contribution in [-0.4, -0.2) is 52.6 Å². The van der Waals surface area contributed by atoms with Gasteiger partial charge in [0, 0.05) is 13.1 Å². The maximum atomic E-state index is 12.0. The van der Waals surface area contributed by atoms with Gasteiger partial charge in [-0.05, 0) is 13.8 Å². The molecule has 0 unspecified atom stereocenters. The van der Waals surface area contributed by atoms with Crippen LogP contribution in [0.2, 0.25) is 0 Å². The molecule has 1 aromatic rings. The van der Waals surface area contributed by atoms with Gasteiger partial charge in [0.15, 0.2) is 5.69 Å². The predicted molar refractivity (Wildman–Crippen MR) is 65.5 cm³/mol. The molecule has 0 bridgehead atoms. The maximum absolute atomic E-state index is 12.0. The fraction of sp³-hybridized carbons (Fsp3) is 0.636. The third-order valence-electron chi connectivity index (χ3n) is 3.00. The molecule has 0 radical (unpaired) electrons. The number of nitrogens with one attached hydrogen (secondary N) is 2. The summed E-state index contributed by atoms with van der Waals surface area (Å²) in [5, 5.41) is 13.4. The van der Waals surface area contributed by atoms with Crippen molar-refractivity contribution in [1.29, 1.82) is 0 Å². The first-order chi connectivity index (χ1) is 8.94. The molecule has 8 heteroatoms. The second kappa shape index (κ2) is 4.96. The van der Waals surface area contributed by atoms with Crippen LogP contribution < -0.4 is 10.6 Å². The second-order valence-electron chi connectivity index (χ2n) is 4.97. The minimum absolute atomic E-state index is 0.184. The SMILES string of the molecule is COC(=O)C(C)(C)NC(=O)c1cn(C2CNC2)nn1. The number of carbonyl (C=O) groups excluding carboxylic acids is 2. The summed E-state index contributed by atoms with van der Waals surface area (Å²) in [6, 6.07) is 0.239. The van der Waals surface area contributed by atoms with Gasteiger partial charge in [0.25, 0.3) is 5.91 Å². The van der Waals surface area contributed by atoms with Gasteiger partial charge in [0.1, 0.15) is 5.54 Å². The number of aromatic nitrogens is 3. The van der Waals surface area contributed by atoms with Crippen LogP contribution in [0.1, 0.15) is 30.4 Å². The van der Waals surface area contributed by atoms with Crippen LogP contribution >= 0.6 is 0 Å². The molecule has 0 saturated carbocycles. The molecule has 1 saturated heterocycles. The monoisotopic (exact) mass is 267 g/mol. The van der Waals surface area contributed by atoms with Gasteiger partial charge < -0.3 is 15.4 Å². The van der Waals surface area contributed by atoms with Crippen molar-refractivity contribution < 1.29 is 14.3 Å². The number of hydrogen-bond donors (Lipinski definition) is 2. The number of nitrogens with zero attached hydrogens (tertiary/aromatic N) is 3. The number of carbonyl (C=O) groups is 2. The lowest BCUT2D eigenvalue weighted by Gasteiger charge is -2.26. The number of methoxy groups -OCH3 is 1. The average molecular weight is 267 g/mol. The molecule has 1 fully saturated rings. The molecule has 2 rings (SSSR count). The van der Waals surface area contributed by atoms with Crippen LogP contribution in [0.3, 0.4) is 0 Å². The van der Waals surface area contributed by atoms with Crippen molar-refractivity contribution in [3.05, 3.63) is 11.9 Å². The first-order valence-corrected chi connectivity index (χ1v) is 5.97. The van der Waals surface area contributed by atoms with Crippen molar-refractivity contribution in [3.63, 3.8) is 0 Å². The number of ether oxygens (including phenoxy) is 1. The van der Waals surface area contributed by atoms with Gasteiger partial charge in [-0.25, -0.2) is 9.48 Å². The van der Waals surface area contributed by atoms with E-state index in [9.17, 15) is 9.59 Å². The minimum Gasteiger partial charge on any atom is -0.467 e. The summed E-state index contributed by atoms with van der Waals surface area (Å²) < 4.78 is 6.27. The highest BCUT2D eigenvalue weighted by Gasteiger charge is 2.32. The Morgan fingerprint density at radius 1 is 1.53 bits per heavy atom. The van der Waals surface area contributed by atoms with Crippen LogP contribution in [0, 0.1) is 0 Å². The Hall–Kier alpha value is -1.96. The van der Waals surface area contributed by atoms with Crippen LogP contribution in [0.25, 0.3) is 0 Å². The summed E-state index contributed by atoms with van der Waals surface area (Å²) in [5.74, 6) is -0.967. The Morgan fingerprint density at radius 3 is 2.74 bits per heavy atom. The fourth-order valence-corrected chi connectivity index (χ4v) is 1.67. The molecule has 2 heterocycles. The fourth-order valence-electron chi connectivity index (χ4n) is 1.67. The smallest absolute Gasteiger partial charge is 0.330 e. The number of hydrogen-bond acceptors (Lipinski definition) is 6.